The van der Waals surface area contributed by atoms with E-state index in [1.807, 2.05) is 0 Å². The van der Waals surface area contributed by atoms with Crippen LogP contribution < -0.4 is 4.74 Å². The molecule has 0 aliphatic heterocycles. The second kappa shape index (κ2) is 5.27. The highest BCUT2D eigenvalue weighted by Crippen LogP contribution is 2.28. The Balaban J connectivity index is 2.01. The number of aromatic nitrogens is 5. The lowest BCUT2D eigenvalue weighted by Gasteiger charge is -2.05. The molecule has 0 saturated heterocycles. The van der Waals surface area contributed by atoms with E-state index in [-0.39, 0.29) is 17.3 Å². The first-order valence-electron chi connectivity index (χ1n) is 5.84. The van der Waals surface area contributed by atoms with Crippen LogP contribution in [0.4, 0.5) is 14.6 Å². The molecule has 0 atom stereocenters. The molecule has 3 heterocycles. The smallest absolute Gasteiger partial charge is 0.406 e. The Labute approximate surface area is 120 Å². The monoisotopic (exact) mass is 308 g/mol. The van der Waals surface area contributed by atoms with Crippen molar-refractivity contribution in [3.05, 3.63) is 46.4 Å². The van der Waals surface area contributed by atoms with Crippen molar-refractivity contribution >= 4 is 11.5 Å². The molecule has 0 bridgehead atoms. The molecule has 3 aromatic rings. The van der Waals surface area contributed by atoms with Gasteiger partial charge in [-0.2, -0.15) is 4.52 Å². The van der Waals surface area contributed by atoms with Crippen molar-refractivity contribution in [3.8, 4) is 11.6 Å². The average molecular weight is 308 g/mol. The van der Waals surface area contributed by atoms with Crippen molar-refractivity contribution in [2.24, 2.45) is 0 Å². The normalized spacial score (nSPS) is 11.0. The van der Waals surface area contributed by atoms with E-state index in [4.69, 9.17) is 4.74 Å². The van der Waals surface area contributed by atoms with Gasteiger partial charge >= 0.3 is 5.82 Å². The van der Waals surface area contributed by atoms with Gasteiger partial charge in [-0.1, -0.05) is 0 Å². The minimum absolute atomic E-state index is 0.100. The summed E-state index contributed by atoms with van der Waals surface area (Å²) in [6.07, 6.45) is -1.64. The first kappa shape index (κ1) is 13.7. The summed E-state index contributed by atoms with van der Waals surface area (Å²) in [5.74, 6) is -1.46. The van der Waals surface area contributed by atoms with E-state index in [0.29, 0.717) is 0 Å². The summed E-state index contributed by atoms with van der Waals surface area (Å²) in [4.78, 5) is 13.7. The zero-order valence-electron chi connectivity index (χ0n) is 10.6. The van der Waals surface area contributed by atoms with Crippen LogP contribution in [0.3, 0.4) is 0 Å². The zero-order chi connectivity index (χ0) is 15.7. The molecular weight excluding hydrogens is 302 g/mol. The highest BCUT2D eigenvalue weighted by Gasteiger charge is 2.20. The van der Waals surface area contributed by atoms with Crippen LogP contribution in [-0.2, 0) is 0 Å². The fourth-order valence-electron chi connectivity index (χ4n) is 1.69. The fraction of sp³-hybridized carbons (Fsp3) is 0.0909. The standard InChI is InChI=1S/C11H6F2N6O3/c12-9(13)11-16-15-7-3-4-8(17-18(7)11)22-6-2-1-5-14-10(6)19(20)21/h1-5,9H. The number of nitro groups is 1. The number of halogens is 2. The van der Waals surface area contributed by atoms with Crippen LogP contribution in [0.5, 0.6) is 11.6 Å². The summed E-state index contributed by atoms with van der Waals surface area (Å²) in [5.41, 5.74) is 0.100. The maximum atomic E-state index is 12.8. The summed E-state index contributed by atoms with van der Waals surface area (Å²) in [6, 6.07) is 5.43. The van der Waals surface area contributed by atoms with Crippen LogP contribution >= 0.6 is 0 Å². The van der Waals surface area contributed by atoms with Crippen molar-refractivity contribution < 1.29 is 18.4 Å². The van der Waals surface area contributed by atoms with E-state index in [1.165, 1.54) is 30.5 Å². The lowest BCUT2D eigenvalue weighted by Crippen LogP contribution is -2.02. The Morgan fingerprint density at radius 2 is 2.09 bits per heavy atom. The summed E-state index contributed by atoms with van der Waals surface area (Å²) >= 11 is 0. The van der Waals surface area contributed by atoms with E-state index < -0.39 is 23.0 Å². The predicted molar refractivity (Wildman–Crippen MR) is 66.7 cm³/mol. The van der Waals surface area contributed by atoms with E-state index >= 15 is 0 Å². The number of rotatable bonds is 4. The van der Waals surface area contributed by atoms with Crippen LogP contribution in [0, 0.1) is 10.1 Å². The third kappa shape index (κ3) is 2.39. The summed E-state index contributed by atoms with van der Waals surface area (Å²) in [7, 11) is 0. The molecule has 0 N–H and O–H groups in total. The average Bonchev–Trinajstić information content (AvgIpc) is 2.91. The Bertz CT molecular complexity index is 853. The van der Waals surface area contributed by atoms with Gasteiger partial charge in [0.2, 0.25) is 17.5 Å². The molecule has 0 aromatic carbocycles. The van der Waals surface area contributed by atoms with Crippen molar-refractivity contribution in [2.45, 2.75) is 6.43 Å². The van der Waals surface area contributed by atoms with E-state index in [2.05, 4.69) is 20.3 Å². The SMILES string of the molecule is O=[N+]([O-])c1ncccc1Oc1ccc2nnc(C(F)F)n2n1. The highest BCUT2D eigenvalue weighted by molar-refractivity contribution is 5.42. The number of hydrogen-bond acceptors (Lipinski definition) is 7. The molecule has 0 amide bonds. The Kier molecular flexibility index (Phi) is 3.29. The van der Waals surface area contributed by atoms with E-state index in [1.54, 1.807) is 0 Å². The number of hydrogen-bond donors (Lipinski definition) is 0. The predicted octanol–water partition coefficient (Wildman–Crippen LogP) is 2.16. The number of fused-ring (bicyclic) bond motifs is 1. The number of pyridine rings is 1. The van der Waals surface area contributed by atoms with E-state index in [0.717, 1.165) is 4.52 Å². The maximum absolute atomic E-state index is 12.8. The van der Waals surface area contributed by atoms with Gasteiger partial charge in [-0.05, 0) is 28.1 Å². The fourth-order valence-corrected chi connectivity index (χ4v) is 1.69. The van der Waals surface area contributed by atoms with Crippen molar-refractivity contribution in [1.82, 2.24) is 24.8 Å². The van der Waals surface area contributed by atoms with Crippen LogP contribution in [-0.4, -0.2) is 29.7 Å². The molecule has 0 radical (unpaired) electrons. The molecule has 112 valence electrons. The number of nitrogens with zero attached hydrogens (tertiary/aromatic N) is 6. The second-order valence-electron chi connectivity index (χ2n) is 3.98. The quantitative estimate of drug-likeness (QED) is 0.536. The minimum atomic E-state index is -2.87. The molecule has 0 spiro atoms. The molecule has 0 unspecified atom stereocenters. The van der Waals surface area contributed by atoms with Gasteiger partial charge in [0.05, 0.1) is 0 Å². The highest BCUT2D eigenvalue weighted by atomic mass is 19.3. The van der Waals surface area contributed by atoms with Gasteiger partial charge in [-0.25, -0.2) is 8.78 Å². The Hall–Kier alpha value is -3.24. The van der Waals surface area contributed by atoms with Crippen LogP contribution in [0.1, 0.15) is 12.2 Å². The van der Waals surface area contributed by atoms with Gasteiger partial charge < -0.3 is 14.9 Å². The van der Waals surface area contributed by atoms with Crippen LogP contribution in [0.15, 0.2) is 30.5 Å². The first-order chi connectivity index (χ1) is 10.6. The minimum Gasteiger partial charge on any atom is -0.429 e. The number of ether oxygens (including phenoxy) is 1. The van der Waals surface area contributed by atoms with Crippen molar-refractivity contribution in [2.75, 3.05) is 0 Å². The van der Waals surface area contributed by atoms with Gasteiger partial charge in [0.25, 0.3) is 6.43 Å². The first-order valence-corrected chi connectivity index (χ1v) is 5.84. The summed E-state index contributed by atoms with van der Waals surface area (Å²) in [6.45, 7) is 0. The topological polar surface area (TPSA) is 108 Å². The largest absolute Gasteiger partial charge is 0.429 e. The van der Waals surface area contributed by atoms with Gasteiger partial charge in [0.1, 0.15) is 6.20 Å². The molecule has 22 heavy (non-hydrogen) atoms. The van der Waals surface area contributed by atoms with Crippen molar-refractivity contribution in [1.29, 1.82) is 0 Å². The molecular formula is C11H6F2N6O3. The summed E-state index contributed by atoms with van der Waals surface area (Å²) < 4.78 is 31.6. The zero-order valence-corrected chi connectivity index (χ0v) is 10.6. The second-order valence-corrected chi connectivity index (χ2v) is 3.98. The lowest BCUT2D eigenvalue weighted by atomic mass is 10.4. The molecule has 0 aliphatic rings. The molecule has 3 rings (SSSR count). The Morgan fingerprint density at radius 1 is 1.27 bits per heavy atom. The third-order valence-electron chi connectivity index (χ3n) is 2.60. The maximum Gasteiger partial charge on any atom is 0.406 e. The molecule has 0 aliphatic carbocycles. The van der Waals surface area contributed by atoms with E-state index in [9.17, 15) is 18.9 Å². The summed E-state index contributed by atoms with van der Waals surface area (Å²) in [5, 5.41) is 21.5. The van der Waals surface area contributed by atoms with Crippen molar-refractivity contribution in [3.63, 3.8) is 0 Å². The van der Waals surface area contributed by atoms with Gasteiger partial charge in [-0.15, -0.1) is 15.3 Å². The molecule has 0 saturated carbocycles. The molecule has 9 nitrogen and oxygen atoms in total. The molecule has 0 fully saturated rings. The van der Waals surface area contributed by atoms with Gasteiger partial charge in [0, 0.05) is 6.07 Å². The third-order valence-corrected chi connectivity index (χ3v) is 2.60. The van der Waals surface area contributed by atoms with Crippen LogP contribution in [0.2, 0.25) is 0 Å². The number of alkyl halides is 2. The van der Waals surface area contributed by atoms with Gasteiger partial charge in [0.15, 0.2) is 5.65 Å². The lowest BCUT2D eigenvalue weighted by molar-refractivity contribution is -0.390. The van der Waals surface area contributed by atoms with Crippen LogP contribution in [0.25, 0.3) is 5.65 Å². The molecule has 11 heteroatoms. The van der Waals surface area contributed by atoms with Gasteiger partial charge in [-0.3, -0.25) is 0 Å². The Morgan fingerprint density at radius 3 is 2.82 bits per heavy atom. The molecule has 3 aromatic heterocycles.